The second-order valence-corrected chi connectivity index (χ2v) is 6.61. The molecule has 1 unspecified atom stereocenters. The molecule has 1 saturated carbocycles. The minimum Gasteiger partial charge on any atom is -0.478 e. The van der Waals surface area contributed by atoms with Crippen molar-refractivity contribution >= 4 is 23.5 Å². The molecule has 2 aliphatic rings. The molecule has 6 heteroatoms. The van der Waals surface area contributed by atoms with Crippen LogP contribution in [-0.2, 0) is 9.59 Å². The second kappa shape index (κ2) is 7.03. The zero-order valence-corrected chi connectivity index (χ0v) is 13.5. The first-order valence-electron chi connectivity index (χ1n) is 8.48. The van der Waals surface area contributed by atoms with Crippen LogP contribution in [0.15, 0.2) is 24.3 Å². The predicted molar refractivity (Wildman–Crippen MR) is 88.7 cm³/mol. The molecule has 1 atom stereocenters. The predicted octanol–water partition coefficient (Wildman–Crippen LogP) is 2.50. The lowest BCUT2D eigenvalue weighted by Gasteiger charge is -2.31. The van der Waals surface area contributed by atoms with Crippen LogP contribution in [0.5, 0.6) is 0 Å². The normalized spacial score (nSPS) is 21.8. The Kier molecular flexibility index (Phi) is 4.83. The molecule has 2 amide bonds. The third kappa shape index (κ3) is 3.58. The summed E-state index contributed by atoms with van der Waals surface area (Å²) in [6, 6.07) is 6.32. The molecule has 0 bridgehead atoms. The third-order valence-corrected chi connectivity index (χ3v) is 4.94. The highest BCUT2D eigenvalue weighted by atomic mass is 16.4. The summed E-state index contributed by atoms with van der Waals surface area (Å²) < 4.78 is 0. The number of hydrogen-bond donors (Lipinski definition) is 2. The van der Waals surface area contributed by atoms with Crippen molar-refractivity contribution in [3.05, 3.63) is 29.8 Å². The monoisotopic (exact) mass is 330 g/mol. The molecule has 1 aliphatic carbocycles. The highest BCUT2D eigenvalue weighted by Gasteiger charge is 2.38. The number of carbonyl (C=O) groups is 3. The van der Waals surface area contributed by atoms with Crippen LogP contribution < -0.4 is 5.32 Å². The van der Waals surface area contributed by atoms with Crippen LogP contribution in [0.4, 0.5) is 5.69 Å². The maximum atomic E-state index is 12.4. The van der Waals surface area contributed by atoms with Gasteiger partial charge in [-0.3, -0.25) is 9.59 Å². The van der Waals surface area contributed by atoms with Gasteiger partial charge in [-0.2, -0.15) is 0 Å². The SMILES string of the molecule is O=C(O)c1ccc(NC(=O)C2CC(=O)N(C3CCCCC3)C2)cc1. The van der Waals surface area contributed by atoms with Gasteiger partial charge in [-0.25, -0.2) is 4.79 Å². The quantitative estimate of drug-likeness (QED) is 0.888. The van der Waals surface area contributed by atoms with Gasteiger partial charge in [0.05, 0.1) is 11.5 Å². The number of hydrogen-bond acceptors (Lipinski definition) is 3. The van der Waals surface area contributed by atoms with Crippen LogP contribution in [0.3, 0.4) is 0 Å². The van der Waals surface area contributed by atoms with E-state index in [9.17, 15) is 14.4 Å². The lowest BCUT2D eigenvalue weighted by atomic mass is 9.94. The fraction of sp³-hybridized carbons (Fsp3) is 0.500. The number of carboxylic acid groups (broad SMARTS) is 1. The molecule has 6 nitrogen and oxygen atoms in total. The molecule has 0 aromatic heterocycles. The van der Waals surface area contributed by atoms with Crippen molar-refractivity contribution in [1.82, 2.24) is 4.90 Å². The highest BCUT2D eigenvalue weighted by Crippen LogP contribution is 2.29. The molecule has 24 heavy (non-hydrogen) atoms. The Labute approximate surface area is 140 Å². The Balaban J connectivity index is 1.59. The van der Waals surface area contributed by atoms with Gasteiger partial charge in [0.2, 0.25) is 11.8 Å². The summed E-state index contributed by atoms with van der Waals surface area (Å²) in [4.78, 5) is 37.4. The van der Waals surface area contributed by atoms with E-state index in [1.165, 1.54) is 18.6 Å². The van der Waals surface area contributed by atoms with Crippen molar-refractivity contribution in [2.75, 3.05) is 11.9 Å². The zero-order chi connectivity index (χ0) is 17.1. The molecule has 2 fully saturated rings. The Hall–Kier alpha value is -2.37. The molecule has 1 heterocycles. The molecule has 128 valence electrons. The van der Waals surface area contributed by atoms with Gasteiger partial charge in [-0.15, -0.1) is 0 Å². The van der Waals surface area contributed by atoms with E-state index in [2.05, 4.69) is 5.32 Å². The topological polar surface area (TPSA) is 86.7 Å². The molecular weight excluding hydrogens is 308 g/mol. The molecule has 1 aliphatic heterocycles. The smallest absolute Gasteiger partial charge is 0.335 e. The van der Waals surface area contributed by atoms with Gasteiger partial charge < -0.3 is 15.3 Å². The standard InChI is InChI=1S/C18H22N2O4/c21-16-10-13(11-20(16)15-4-2-1-3-5-15)17(22)19-14-8-6-12(7-9-14)18(23)24/h6-9,13,15H,1-5,10-11H2,(H,19,22)(H,23,24). The lowest BCUT2D eigenvalue weighted by molar-refractivity contribution is -0.130. The van der Waals surface area contributed by atoms with Crippen LogP contribution in [0.25, 0.3) is 0 Å². The van der Waals surface area contributed by atoms with Crippen molar-refractivity contribution < 1.29 is 19.5 Å². The molecule has 1 aromatic rings. The van der Waals surface area contributed by atoms with E-state index in [4.69, 9.17) is 5.11 Å². The first kappa shape index (κ1) is 16.5. The van der Waals surface area contributed by atoms with E-state index in [1.807, 2.05) is 4.90 Å². The first-order chi connectivity index (χ1) is 11.5. The maximum Gasteiger partial charge on any atom is 0.335 e. The number of amides is 2. The van der Waals surface area contributed by atoms with E-state index in [1.54, 1.807) is 12.1 Å². The number of anilines is 1. The molecule has 0 spiro atoms. The van der Waals surface area contributed by atoms with Gasteiger partial charge in [-0.05, 0) is 37.1 Å². The molecule has 3 rings (SSSR count). The molecule has 1 aromatic carbocycles. The zero-order valence-electron chi connectivity index (χ0n) is 13.5. The van der Waals surface area contributed by atoms with Crippen molar-refractivity contribution in [2.45, 2.75) is 44.6 Å². The van der Waals surface area contributed by atoms with Crippen LogP contribution in [0.1, 0.15) is 48.9 Å². The highest BCUT2D eigenvalue weighted by molar-refractivity contribution is 5.97. The van der Waals surface area contributed by atoms with E-state index >= 15 is 0 Å². The molecule has 2 N–H and O–H groups in total. The summed E-state index contributed by atoms with van der Waals surface area (Å²) in [7, 11) is 0. The average molecular weight is 330 g/mol. The van der Waals surface area contributed by atoms with E-state index in [0.717, 1.165) is 25.7 Å². The number of nitrogens with one attached hydrogen (secondary N) is 1. The van der Waals surface area contributed by atoms with Gasteiger partial charge in [0.25, 0.3) is 0 Å². The summed E-state index contributed by atoms with van der Waals surface area (Å²) in [5, 5.41) is 11.7. The van der Waals surface area contributed by atoms with Crippen LogP contribution in [0.2, 0.25) is 0 Å². The number of aromatic carboxylic acids is 1. The van der Waals surface area contributed by atoms with Gasteiger partial charge in [0.15, 0.2) is 0 Å². The minimum absolute atomic E-state index is 0.0725. The lowest BCUT2D eigenvalue weighted by Crippen LogP contribution is -2.38. The Morgan fingerprint density at radius 2 is 1.75 bits per heavy atom. The van der Waals surface area contributed by atoms with Gasteiger partial charge >= 0.3 is 5.97 Å². The molecule has 0 radical (unpaired) electrons. The second-order valence-electron chi connectivity index (χ2n) is 6.61. The largest absolute Gasteiger partial charge is 0.478 e. The van der Waals surface area contributed by atoms with Gasteiger partial charge in [-0.1, -0.05) is 19.3 Å². The fourth-order valence-electron chi connectivity index (χ4n) is 3.59. The Morgan fingerprint density at radius 1 is 1.08 bits per heavy atom. The van der Waals surface area contributed by atoms with Crippen molar-refractivity contribution in [3.63, 3.8) is 0 Å². The fourth-order valence-corrected chi connectivity index (χ4v) is 3.59. The third-order valence-electron chi connectivity index (χ3n) is 4.94. The number of benzene rings is 1. The van der Waals surface area contributed by atoms with Crippen LogP contribution >= 0.6 is 0 Å². The first-order valence-corrected chi connectivity index (χ1v) is 8.48. The van der Waals surface area contributed by atoms with Gasteiger partial charge in [0.1, 0.15) is 0 Å². The van der Waals surface area contributed by atoms with Crippen molar-refractivity contribution in [2.24, 2.45) is 5.92 Å². The number of carboxylic acids is 1. The summed E-state index contributed by atoms with van der Waals surface area (Å²) in [5.41, 5.74) is 0.723. The maximum absolute atomic E-state index is 12.4. The molecular formula is C18H22N2O4. The van der Waals surface area contributed by atoms with E-state index in [0.29, 0.717) is 18.3 Å². The number of carbonyl (C=O) groups excluding carboxylic acids is 2. The van der Waals surface area contributed by atoms with E-state index < -0.39 is 5.97 Å². The number of nitrogens with zero attached hydrogens (tertiary/aromatic N) is 1. The molecule has 1 saturated heterocycles. The summed E-state index contributed by atoms with van der Waals surface area (Å²) in [5.74, 6) is -1.44. The average Bonchev–Trinajstić information content (AvgIpc) is 2.98. The summed E-state index contributed by atoms with van der Waals surface area (Å²) >= 11 is 0. The summed E-state index contributed by atoms with van der Waals surface area (Å²) in [6.45, 7) is 0.489. The minimum atomic E-state index is -1.00. The van der Waals surface area contributed by atoms with Crippen molar-refractivity contribution in [1.29, 1.82) is 0 Å². The van der Waals surface area contributed by atoms with Crippen LogP contribution in [0, 0.1) is 5.92 Å². The summed E-state index contributed by atoms with van der Waals surface area (Å²) in [6.07, 6.45) is 5.88. The van der Waals surface area contributed by atoms with E-state index in [-0.39, 0.29) is 29.7 Å². The number of likely N-dealkylation sites (tertiary alicyclic amines) is 1. The Morgan fingerprint density at radius 3 is 2.38 bits per heavy atom. The number of rotatable bonds is 4. The van der Waals surface area contributed by atoms with Crippen molar-refractivity contribution in [3.8, 4) is 0 Å². The van der Waals surface area contributed by atoms with Gasteiger partial charge in [0, 0.05) is 24.7 Å². The van der Waals surface area contributed by atoms with Crippen LogP contribution in [-0.4, -0.2) is 40.4 Å². The Bertz CT molecular complexity index is 635.